The maximum Gasteiger partial charge on any atom is 0.331 e. The summed E-state index contributed by atoms with van der Waals surface area (Å²) in [6.45, 7) is 1.24. The lowest BCUT2D eigenvalue weighted by Gasteiger charge is -2.24. The van der Waals surface area contributed by atoms with Gasteiger partial charge >= 0.3 is 11.7 Å². The number of hydrogen-bond acceptors (Lipinski definition) is 14. The summed E-state index contributed by atoms with van der Waals surface area (Å²) in [5.74, 6) is 2.65. The lowest BCUT2D eigenvalue weighted by atomic mass is 10.0. The van der Waals surface area contributed by atoms with Crippen molar-refractivity contribution >= 4 is 5.97 Å². The van der Waals surface area contributed by atoms with Crippen LogP contribution in [0.15, 0.2) is 129 Å². The van der Waals surface area contributed by atoms with Gasteiger partial charge in [-0.05, 0) is 105 Å². The first-order valence-electron chi connectivity index (χ1n) is 17.5. The first kappa shape index (κ1) is 52.7. The number of methoxy groups -OCH3 is 1. The van der Waals surface area contributed by atoms with Crippen LogP contribution in [0.3, 0.4) is 0 Å². The second-order valence-corrected chi connectivity index (χ2v) is 11.9. The number of rotatable bonds is 21. The molecule has 0 unspecified atom stereocenters. The number of carbonyl (C=O) groups is 1. The number of halogens is 4. The smallest absolute Gasteiger partial charge is 0.331 e. The molecule has 4 rings (SSSR count). The predicted molar refractivity (Wildman–Crippen MR) is 206 cm³/mol. The average molecular weight is 916 g/mol. The first-order valence-corrected chi connectivity index (χ1v) is 17.5. The summed E-state index contributed by atoms with van der Waals surface area (Å²) in [7, 11) is 1.25. The second kappa shape index (κ2) is 28.3. The molecule has 0 saturated heterocycles. The first-order chi connectivity index (χ1) is 30.7. The zero-order valence-corrected chi connectivity index (χ0v) is 33.5. The van der Waals surface area contributed by atoms with E-state index in [1.54, 1.807) is 30.3 Å². The van der Waals surface area contributed by atoms with Crippen LogP contribution in [0.5, 0.6) is 5.75 Å². The maximum atomic E-state index is 15.6. The number of nitrogens with two attached hydrogens (primary N) is 2. The molecule has 4 aromatic rings. The molecule has 64 heavy (non-hydrogen) atoms. The molecule has 8 N–H and O–H groups in total. The highest BCUT2D eigenvalue weighted by Gasteiger charge is 2.31. The number of alkyl halides is 2. The third kappa shape index (κ3) is 16.8. The molecule has 348 valence electrons. The Balaban J connectivity index is 0.000000881. The van der Waals surface area contributed by atoms with Crippen LogP contribution in [0.4, 0.5) is 17.6 Å². The Hall–Kier alpha value is -7.39. The van der Waals surface area contributed by atoms with E-state index in [1.807, 2.05) is 0 Å². The number of carboxylic acids is 1. The topological polar surface area (TPSA) is 365 Å². The van der Waals surface area contributed by atoms with Gasteiger partial charge in [0.25, 0.3) is 11.5 Å². The van der Waals surface area contributed by atoms with E-state index in [1.165, 1.54) is 32.2 Å². The molecule has 1 atom stereocenters. The molecule has 0 spiro atoms. The van der Waals surface area contributed by atoms with Crippen LogP contribution in [-0.4, -0.2) is 44.4 Å². The SMILES string of the molecule is COc1cccc(-c2c(C)n(Cc3c(F)cccc3C(C)(F)F)c(=O)n(C[C@H](NCCCC(=O)O)c3ccccc3)c2=O)c1F.N/N=N/N=N/N=N/N=N/N=N/N.OOOOOOO.[HH]. The summed E-state index contributed by atoms with van der Waals surface area (Å²) >= 11 is 0. The molecule has 0 aliphatic heterocycles. The van der Waals surface area contributed by atoms with Crippen LogP contribution in [0, 0.1) is 18.6 Å². The van der Waals surface area contributed by atoms with E-state index in [4.69, 9.17) is 20.4 Å². The van der Waals surface area contributed by atoms with Gasteiger partial charge in [-0.3, -0.25) is 18.7 Å². The van der Waals surface area contributed by atoms with Gasteiger partial charge in [0.05, 0.1) is 31.8 Å². The molecule has 0 radical (unpaired) electrons. The number of hydrogen-bond donors (Lipinski definition) is 6. The highest BCUT2D eigenvalue weighted by Crippen LogP contribution is 2.33. The molecule has 0 amide bonds. The van der Waals surface area contributed by atoms with Crippen molar-refractivity contribution in [2.24, 2.45) is 63.9 Å². The van der Waals surface area contributed by atoms with Gasteiger partial charge in [0.1, 0.15) is 5.82 Å². The number of carboxylic acid groups (broad SMARTS) is 1. The van der Waals surface area contributed by atoms with Gasteiger partial charge in [-0.25, -0.2) is 32.9 Å². The van der Waals surface area contributed by atoms with E-state index >= 15 is 8.78 Å². The van der Waals surface area contributed by atoms with Crippen molar-refractivity contribution in [2.45, 2.75) is 51.7 Å². The molecular formula is C33H41F4N15O12. The molecule has 0 bridgehead atoms. The molecule has 0 aliphatic rings. The van der Waals surface area contributed by atoms with Crippen molar-refractivity contribution in [3.8, 4) is 16.9 Å². The quantitative estimate of drug-likeness (QED) is 0.0135. The molecule has 1 aromatic heterocycles. The van der Waals surface area contributed by atoms with E-state index in [9.17, 15) is 23.2 Å². The van der Waals surface area contributed by atoms with Crippen molar-refractivity contribution in [1.82, 2.24) is 14.5 Å². The van der Waals surface area contributed by atoms with E-state index in [0.29, 0.717) is 12.5 Å². The Morgan fingerprint density at radius 2 is 1.42 bits per heavy atom. The van der Waals surface area contributed by atoms with Gasteiger partial charge < -0.3 is 26.8 Å². The molecule has 0 aliphatic carbocycles. The average Bonchev–Trinajstić information content (AvgIpc) is 3.27. The fourth-order valence-corrected chi connectivity index (χ4v) is 5.47. The standard InChI is InChI=1S/C33H33F4N3O5.H4N12.H2O7.H2/c1-20-29(22-12-7-15-27(45-3)30(22)35)31(43)40(19-26(21-10-5-4-6-11-21)38-17-9-16-28(41)42)32(44)39(20)18-23-24(33(2,36)37)13-8-14-25(23)34;1-3-5-7-9-11-12-10-8-6-4-2;1-3-5-7-6-4-2;/h4-8,10-15,26,38H,9,16-19H2,1-3H3,(H,41,42);(H2,1,4,5,8,9,12)(H2,2,3,6,7,10,11);1-2H;1H/t26-;;;/m0.../s1. The fraction of sp³-hybridized carbons (Fsp3) is 0.303. The third-order valence-electron chi connectivity index (χ3n) is 8.07. The Kier molecular flexibility index (Phi) is 23.3. The number of benzene rings is 3. The van der Waals surface area contributed by atoms with Gasteiger partial charge in [0.2, 0.25) is 0 Å². The van der Waals surface area contributed by atoms with Crippen molar-refractivity contribution < 1.29 is 69.3 Å². The highest BCUT2D eigenvalue weighted by atomic mass is 19.3. The molecule has 0 saturated carbocycles. The number of aromatic nitrogens is 2. The molecular weight excluding hydrogens is 874 g/mol. The Morgan fingerprint density at radius 3 is 1.95 bits per heavy atom. The fourth-order valence-electron chi connectivity index (χ4n) is 5.47. The predicted octanol–water partition coefficient (Wildman–Crippen LogP) is 6.20. The number of nitrogens with zero attached hydrogens (tertiary/aromatic N) is 12. The maximum absolute atomic E-state index is 15.6. The minimum absolute atomic E-state index is 0. The van der Waals surface area contributed by atoms with Crippen LogP contribution in [0.2, 0.25) is 0 Å². The van der Waals surface area contributed by atoms with Crippen LogP contribution in [-0.2, 0) is 49.0 Å². The highest BCUT2D eigenvalue weighted by molar-refractivity contribution is 5.68. The summed E-state index contributed by atoms with van der Waals surface area (Å²) in [6, 6.07) is 15.4. The summed E-state index contributed by atoms with van der Waals surface area (Å²) < 4.78 is 66.8. The van der Waals surface area contributed by atoms with Crippen LogP contribution < -0.4 is 33.0 Å². The summed E-state index contributed by atoms with van der Waals surface area (Å²) in [5, 5.41) is 70.6. The number of aliphatic carboxylic acids is 1. The molecule has 0 fully saturated rings. The van der Waals surface area contributed by atoms with Crippen LogP contribution in [0.25, 0.3) is 11.1 Å². The molecule has 3 aromatic carbocycles. The van der Waals surface area contributed by atoms with E-state index in [2.05, 4.69) is 94.4 Å². The minimum Gasteiger partial charge on any atom is -0.494 e. The zero-order valence-electron chi connectivity index (χ0n) is 33.5. The van der Waals surface area contributed by atoms with E-state index in [0.717, 1.165) is 27.3 Å². The molecule has 31 heteroatoms. The normalized spacial score (nSPS) is 12.2. The van der Waals surface area contributed by atoms with E-state index < -0.39 is 58.5 Å². The minimum atomic E-state index is -3.45. The summed E-state index contributed by atoms with van der Waals surface area (Å²) in [6.07, 6.45) is 0.144. The van der Waals surface area contributed by atoms with Crippen LogP contribution >= 0.6 is 0 Å². The lowest BCUT2D eigenvalue weighted by Crippen LogP contribution is -2.45. The van der Waals surface area contributed by atoms with Gasteiger partial charge in [0, 0.05) is 37.2 Å². The van der Waals surface area contributed by atoms with E-state index in [-0.39, 0.29) is 49.9 Å². The van der Waals surface area contributed by atoms with Gasteiger partial charge in [-0.1, -0.05) is 65.0 Å². The van der Waals surface area contributed by atoms with Crippen LogP contribution in [0.1, 0.15) is 49.6 Å². The molecule has 27 nitrogen and oxygen atoms in total. The van der Waals surface area contributed by atoms with Crippen molar-refractivity contribution in [2.75, 3.05) is 13.7 Å². The zero-order chi connectivity index (χ0) is 47.5. The van der Waals surface area contributed by atoms with Gasteiger partial charge in [0.15, 0.2) is 11.6 Å². The number of nitrogens with one attached hydrogen (secondary N) is 1. The largest absolute Gasteiger partial charge is 0.494 e. The second-order valence-electron chi connectivity index (χ2n) is 11.9. The van der Waals surface area contributed by atoms with Crippen molar-refractivity contribution in [3.63, 3.8) is 0 Å². The van der Waals surface area contributed by atoms with Crippen molar-refractivity contribution in [3.05, 3.63) is 122 Å². The third-order valence-corrected chi connectivity index (χ3v) is 8.07. The van der Waals surface area contributed by atoms with Crippen molar-refractivity contribution in [1.29, 1.82) is 0 Å². The summed E-state index contributed by atoms with van der Waals surface area (Å²) in [4.78, 5) is 39.2. The monoisotopic (exact) mass is 915 g/mol. The Bertz CT molecular complexity index is 2330. The lowest BCUT2D eigenvalue weighted by molar-refractivity contribution is -0.784. The number of ether oxygens (including phenoxy) is 1. The Labute approximate surface area is 357 Å². The molecule has 1 heterocycles. The summed E-state index contributed by atoms with van der Waals surface area (Å²) in [5.41, 5.74) is -2.69. The Morgan fingerprint density at radius 1 is 0.844 bits per heavy atom. The van der Waals surface area contributed by atoms with Gasteiger partial charge in [-0.15, -0.1) is 0 Å². The van der Waals surface area contributed by atoms with Gasteiger partial charge in [-0.2, -0.15) is 0 Å².